The van der Waals surface area contributed by atoms with Gasteiger partial charge in [0.15, 0.2) is 0 Å². The molecule has 0 saturated carbocycles. The first-order chi connectivity index (χ1) is 11.9. The van der Waals surface area contributed by atoms with Crippen LogP contribution in [-0.4, -0.2) is 11.9 Å². The molecule has 0 fully saturated rings. The van der Waals surface area contributed by atoms with E-state index >= 15 is 0 Å². The fourth-order valence-electron chi connectivity index (χ4n) is 2.67. The maximum atomic E-state index is 12.3. The van der Waals surface area contributed by atoms with Crippen molar-refractivity contribution in [2.75, 3.05) is 10.6 Å². The Bertz CT molecular complexity index is 960. The average Bonchev–Trinajstić information content (AvgIpc) is 2.89. The van der Waals surface area contributed by atoms with Gasteiger partial charge in [-0.15, -0.1) is 0 Å². The van der Waals surface area contributed by atoms with Crippen LogP contribution in [0.2, 0.25) is 0 Å². The summed E-state index contributed by atoms with van der Waals surface area (Å²) in [5.74, 6) is -0.169. The maximum absolute atomic E-state index is 12.3. The van der Waals surface area contributed by atoms with Crippen LogP contribution >= 0.6 is 0 Å². The first-order valence-corrected chi connectivity index (χ1v) is 7.86. The quantitative estimate of drug-likeness (QED) is 0.677. The van der Waals surface area contributed by atoms with Gasteiger partial charge in [-0.05, 0) is 55.3 Å². The van der Waals surface area contributed by atoms with Gasteiger partial charge in [0.1, 0.15) is 5.58 Å². The molecule has 0 bridgehead atoms. The molecule has 1 heterocycles. The van der Waals surface area contributed by atoms with Gasteiger partial charge in [0.2, 0.25) is 5.91 Å². The van der Waals surface area contributed by atoms with E-state index < -0.39 is 6.03 Å². The van der Waals surface area contributed by atoms with Crippen molar-refractivity contribution in [1.82, 2.24) is 0 Å². The van der Waals surface area contributed by atoms with Gasteiger partial charge in [0.05, 0.1) is 12.7 Å². The fourth-order valence-corrected chi connectivity index (χ4v) is 2.67. The number of aryl methyl sites for hydroxylation is 2. The summed E-state index contributed by atoms with van der Waals surface area (Å²) in [4.78, 5) is 23.2. The van der Waals surface area contributed by atoms with E-state index in [0.717, 1.165) is 27.7 Å². The molecular formula is C19H19N3O3. The zero-order valence-electron chi connectivity index (χ0n) is 14.1. The SMILES string of the molecule is Cc1cc2occ(CC(=O)Nc3cccc(NC(N)=O)c3)c2cc1C. The largest absolute Gasteiger partial charge is 0.464 e. The highest BCUT2D eigenvalue weighted by atomic mass is 16.3. The number of anilines is 2. The minimum absolute atomic E-state index is 0.169. The predicted octanol–water partition coefficient (Wildman–Crippen LogP) is 3.72. The molecule has 0 spiro atoms. The summed E-state index contributed by atoms with van der Waals surface area (Å²) in [7, 11) is 0. The third kappa shape index (κ3) is 3.80. The van der Waals surface area contributed by atoms with E-state index in [4.69, 9.17) is 10.2 Å². The number of hydrogen-bond donors (Lipinski definition) is 3. The smallest absolute Gasteiger partial charge is 0.316 e. The summed E-state index contributed by atoms with van der Waals surface area (Å²) in [5, 5.41) is 6.23. The maximum Gasteiger partial charge on any atom is 0.316 e. The van der Waals surface area contributed by atoms with Crippen molar-refractivity contribution in [3.8, 4) is 0 Å². The fraction of sp³-hybridized carbons (Fsp3) is 0.158. The Morgan fingerprint density at radius 1 is 1.04 bits per heavy atom. The number of rotatable bonds is 4. The van der Waals surface area contributed by atoms with Gasteiger partial charge in [-0.25, -0.2) is 4.79 Å². The second kappa shape index (κ2) is 6.68. The molecule has 0 atom stereocenters. The van der Waals surface area contributed by atoms with Crippen LogP contribution in [0.3, 0.4) is 0 Å². The van der Waals surface area contributed by atoms with Crippen LogP contribution < -0.4 is 16.4 Å². The average molecular weight is 337 g/mol. The summed E-state index contributed by atoms with van der Waals surface area (Å²) in [5.41, 5.74) is 10.1. The van der Waals surface area contributed by atoms with E-state index in [9.17, 15) is 9.59 Å². The first kappa shape index (κ1) is 16.6. The van der Waals surface area contributed by atoms with Gasteiger partial charge in [-0.3, -0.25) is 4.79 Å². The van der Waals surface area contributed by atoms with Crippen LogP contribution in [0.4, 0.5) is 16.2 Å². The van der Waals surface area contributed by atoms with Crippen LogP contribution in [-0.2, 0) is 11.2 Å². The molecule has 0 unspecified atom stereocenters. The molecule has 6 heteroatoms. The Morgan fingerprint density at radius 2 is 1.72 bits per heavy atom. The van der Waals surface area contributed by atoms with Crippen molar-refractivity contribution in [3.05, 3.63) is 59.4 Å². The molecule has 3 amide bonds. The van der Waals surface area contributed by atoms with E-state index in [1.54, 1.807) is 30.5 Å². The molecule has 0 aliphatic carbocycles. The van der Waals surface area contributed by atoms with Crippen molar-refractivity contribution in [2.24, 2.45) is 5.73 Å². The molecule has 0 aliphatic heterocycles. The van der Waals surface area contributed by atoms with Gasteiger partial charge in [-0.1, -0.05) is 6.07 Å². The molecule has 0 saturated heterocycles. The Balaban J connectivity index is 1.75. The third-order valence-electron chi connectivity index (χ3n) is 4.03. The zero-order chi connectivity index (χ0) is 18.0. The van der Waals surface area contributed by atoms with Crippen molar-refractivity contribution in [3.63, 3.8) is 0 Å². The summed E-state index contributed by atoms with van der Waals surface area (Å²) in [6, 6.07) is 10.2. The number of hydrogen-bond acceptors (Lipinski definition) is 3. The number of nitrogens with two attached hydrogens (primary N) is 1. The van der Waals surface area contributed by atoms with E-state index in [1.807, 2.05) is 26.0 Å². The van der Waals surface area contributed by atoms with E-state index in [2.05, 4.69) is 10.6 Å². The van der Waals surface area contributed by atoms with Crippen molar-refractivity contribution in [1.29, 1.82) is 0 Å². The topological polar surface area (TPSA) is 97.4 Å². The van der Waals surface area contributed by atoms with Gasteiger partial charge >= 0.3 is 6.03 Å². The first-order valence-electron chi connectivity index (χ1n) is 7.86. The standard InChI is InChI=1S/C19H19N3O3/c1-11-6-16-13(10-25-17(16)7-12(11)2)8-18(23)21-14-4-3-5-15(9-14)22-19(20)24/h3-7,9-10H,8H2,1-2H3,(H,21,23)(H3,20,22,24). The van der Waals surface area contributed by atoms with Crippen molar-refractivity contribution in [2.45, 2.75) is 20.3 Å². The number of fused-ring (bicyclic) bond motifs is 1. The van der Waals surface area contributed by atoms with Gasteiger partial charge in [0, 0.05) is 22.3 Å². The van der Waals surface area contributed by atoms with Crippen LogP contribution in [0.5, 0.6) is 0 Å². The molecule has 2 aromatic carbocycles. The highest BCUT2D eigenvalue weighted by Crippen LogP contribution is 2.25. The molecule has 25 heavy (non-hydrogen) atoms. The number of carbonyl (C=O) groups excluding carboxylic acids is 2. The minimum atomic E-state index is -0.654. The molecule has 4 N–H and O–H groups in total. The summed E-state index contributed by atoms with van der Waals surface area (Å²) in [6.07, 6.45) is 1.82. The summed E-state index contributed by atoms with van der Waals surface area (Å²) < 4.78 is 5.56. The molecule has 0 radical (unpaired) electrons. The summed E-state index contributed by atoms with van der Waals surface area (Å²) >= 11 is 0. The number of furan rings is 1. The Kier molecular flexibility index (Phi) is 4.43. The number of benzene rings is 2. The van der Waals surface area contributed by atoms with Gasteiger partial charge in [0.25, 0.3) is 0 Å². The molecular weight excluding hydrogens is 318 g/mol. The second-order valence-corrected chi connectivity index (χ2v) is 5.99. The molecule has 128 valence electrons. The monoisotopic (exact) mass is 337 g/mol. The van der Waals surface area contributed by atoms with Gasteiger partial charge < -0.3 is 20.8 Å². The Morgan fingerprint density at radius 3 is 2.44 bits per heavy atom. The normalized spacial score (nSPS) is 10.6. The van der Waals surface area contributed by atoms with Crippen LogP contribution in [0, 0.1) is 13.8 Å². The van der Waals surface area contributed by atoms with Crippen molar-refractivity contribution >= 4 is 34.3 Å². The summed E-state index contributed by atoms with van der Waals surface area (Å²) in [6.45, 7) is 4.06. The Hall–Kier alpha value is -3.28. The van der Waals surface area contributed by atoms with E-state index in [1.165, 1.54) is 0 Å². The number of carbonyl (C=O) groups is 2. The van der Waals surface area contributed by atoms with Crippen LogP contribution in [0.15, 0.2) is 47.1 Å². The second-order valence-electron chi connectivity index (χ2n) is 5.99. The number of nitrogens with one attached hydrogen (secondary N) is 2. The van der Waals surface area contributed by atoms with Crippen molar-refractivity contribution < 1.29 is 14.0 Å². The lowest BCUT2D eigenvalue weighted by atomic mass is 10.0. The van der Waals surface area contributed by atoms with E-state index in [-0.39, 0.29) is 12.3 Å². The molecule has 0 aliphatic rings. The molecule has 3 rings (SSSR count). The third-order valence-corrected chi connectivity index (χ3v) is 4.03. The molecule has 6 nitrogen and oxygen atoms in total. The molecule has 3 aromatic rings. The zero-order valence-corrected chi connectivity index (χ0v) is 14.1. The number of urea groups is 1. The van der Waals surface area contributed by atoms with E-state index in [0.29, 0.717) is 11.4 Å². The van der Waals surface area contributed by atoms with Gasteiger partial charge in [-0.2, -0.15) is 0 Å². The minimum Gasteiger partial charge on any atom is -0.464 e. The lowest BCUT2D eigenvalue weighted by Crippen LogP contribution is -2.19. The van der Waals surface area contributed by atoms with Crippen LogP contribution in [0.25, 0.3) is 11.0 Å². The number of primary amides is 1. The molecule has 1 aromatic heterocycles. The highest BCUT2D eigenvalue weighted by Gasteiger charge is 2.12. The lowest BCUT2D eigenvalue weighted by molar-refractivity contribution is -0.115. The van der Waals surface area contributed by atoms with Crippen LogP contribution in [0.1, 0.15) is 16.7 Å². The Labute approximate surface area is 145 Å². The number of amides is 3. The highest BCUT2D eigenvalue weighted by molar-refractivity contribution is 5.96. The predicted molar refractivity (Wildman–Crippen MR) is 97.7 cm³/mol. The lowest BCUT2D eigenvalue weighted by Gasteiger charge is -2.07.